The largest absolute Gasteiger partial charge is 0.481 e. The number of carboxylic acids is 1. The summed E-state index contributed by atoms with van der Waals surface area (Å²) in [6.45, 7) is 2.78. The molecule has 3 rings (SSSR count). The molecule has 1 heterocycles. The molecule has 0 aromatic heterocycles. The van der Waals surface area contributed by atoms with Gasteiger partial charge in [-0.2, -0.15) is 0 Å². The lowest BCUT2D eigenvalue weighted by Gasteiger charge is -2.42. The molecule has 0 aliphatic carbocycles. The number of aliphatic carboxylic acids is 1. The predicted molar refractivity (Wildman–Crippen MR) is 118 cm³/mol. The first-order valence-electron chi connectivity index (χ1n) is 9.45. The number of benzene rings is 2. The van der Waals surface area contributed by atoms with Crippen molar-refractivity contribution in [1.82, 2.24) is 15.1 Å². The van der Waals surface area contributed by atoms with Gasteiger partial charge in [-0.1, -0.05) is 41.4 Å². The van der Waals surface area contributed by atoms with E-state index in [1.807, 2.05) is 0 Å². The Morgan fingerprint density at radius 1 is 1.13 bits per heavy atom. The molecular formula is C21H22Cl2N4O4. The minimum atomic E-state index is -1.31. The van der Waals surface area contributed by atoms with Crippen LogP contribution in [0.15, 0.2) is 48.5 Å². The summed E-state index contributed by atoms with van der Waals surface area (Å²) in [5, 5.41) is 16.3. The number of anilines is 1. The molecule has 1 fully saturated rings. The van der Waals surface area contributed by atoms with Crippen molar-refractivity contribution in [3.63, 3.8) is 0 Å². The highest BCUT2D eigenvalue weighted by Crippen LogP contribution is 2.24. The first kappa shape index (κ1) is 22.7. The zero-order valence-electron chi connectivity index (χ0n) is 16.9. The van der Waals surface area contributed by atoms with Gasteiger partial charge in [-0.05, 0) is 49.7 Å². The molecule has 164 valence electrons. The van der Waals surface area contributed by atoms with Gasteiger partial charge in [0, 0.05) is 22.3 Å². The van der Waals surface area contributed by atoms with Crippen molar-refractivity contribution in [3.05, 3.63) is 64.1 Å². The maximum Gasteiger partial charge on any atom is 0.331 e. The highest BCUT2D eigenvalue weighted by molar-refractivity contribution is 6.31. The van der Waals surface area contributed by atoms with E-state index in [2.05, 4.69) is 10.6 Å². The van der Waals surface area contributed by atoms with Crippen LogP contribution in [0, 0.1) is 5.41 Å². The molecule has 3 N–H and O–H groups in total. The summed E-state index contributed by atoms with van der Waals surface area (Å²) in [5.74, 6) is -1.11. The molecule has 1 aliphatic heterocycles. The van der Waals surface area contributed by atoms with E-state index in [4.69, 9.17) is 23.2 Å². The van der Waals surface area contributed by atoms with Gasteiger partial charge in [-0.3, -0.25) is 15.0 Å². The van der Waals surface area contributed by atoms with Crippen LogP contribution in [0.5, 0.6) is 0 Å². The standard InChI is InChI=1S/C21H22Cl2N4O4/c1-21(2,17(28)29)12-27-19(30)25-18(24-16-5-3-4-15(23)10-16)26(20(27)31)11-13-6-8-14(22)9-7-13/h3-10,18,24H,11-12H2,1-2H3,(H,25,30)(H,28,29). The Balaban J connectivity index is 1.90. The molecule has 0 bridgehead atoms. The maximum absolute atomic E-state index is 13.3. The van der Waals surface area contributed by atoms with Gasteiger partial charge in [0.15, 0.2) is 6.29 Å². The van der Waals surface area contributed by atoms with Crippen LogP contribution >= 0.6 is 23.2 Å². The van der Waals surface area contributed by atoms with Gasteiger partial charge < -0.3 is 10.4 Å². The van der Waals surface area contributed by atoms with Gasteiger partial charge in [0.05, 0.1) is 12.0 Å². The van der Waals surface area contributed by atoms with Gasteiger partial charge in [0.25, 0.3) is 0 Å². The summed E-state index contributed by atoms with van der Waals surface area (Å²) in [4.78, 5) is 39.8. The van der Waals surface area contributed by atoms with E-state index < -0.39 is 29.7 Å². The number of rotatable bonds is 7. The molecule has 10 heteroatoms. The number of hydrogen-bond acceptors (Lipinski definition) is 4. The van der Waals surface area contributed by atoms with E-state index in [0.717, 1.165) is 10.5 Å². The number of carbonyl (C=O) groups excluding carboxylic acids is 2. The van der Waals surface area contributed by atoms with Crippen LogP contribution in [-0.4, -0.2) is 45.8 Å². The second-order valence-electron chi connectivity index (χ2n) is 7.82. The average molecular weight is 465 g/mol. The van der Waals surface area contributed by atoms with Crippen LogP contribution in [0.3, 0.4) is 0 Å². The molecule has 0 spiro atoms. The summed E-state index contributed by atoms with van der Waals surface area (Å²) in [5.41, 5.74) is 0.0712. The average Bonchev–Trinajstić information content (AvgIpc) is 2.69. The number of nitrogens with zero attached hydrogens (tertiary/aromatic N) is 2. The van der Waals surface area contributed by atoms with Crippen molar-refractivity contribution in [2.75, 3.05) is 11.9 Å². The number of urea groups is 2. The zero-order valence-corrected chi connectivity index (χ0v) is 18.4. The fourth-order valence-electron chi connectivity index (χ4n) is 3.02. The molecule has 4 amide bonds. The van der Waals surface area contributed by atoms with Crippen LogP contribution in [0.4, 0.5) is 15.3 Å². The Hall–Kier alpha value is -2.97. The van der Waals surface area contributed by atoms with E-state index in [1.165, 1.54) is 18.7 Å². The maximum atomic E-state index is 13.3. The van der Waals surface area contributed by atoms with Crippen LogP contribution in [-0.2, 0) is 11.3 Å². The number of hydrogen-bond donors (Lipinski definition) is 3. The van der Waals surface area contributed by atoms with Crippen molar-refractivity contribution in [2.45, 2.75) is 26.7 Å². The minimum Gasteiger partial charge on any atom is -0.481 e. The quantitative estimate of drug-likeness (QED) is 0.561. The van der Waals surface area contributed by atoms with Crippen molar-refractivity contribution in [1.29, 1.82) is 0 Å². The van der Waals surface area contributed by atoms with E-state index >= 15 is 0 Å². The molecule has 1 saturated heterocycles. The Bertz CT molecular complexity index is 997. The molecule has 1 atom stereocenters. The topological polar surface area (TPSA) is 102 Å². The summed E-state index contributed by atoms with van der Waals surface area (Å²) in [7, 11) is 0. The second-order valence-corrected chi connectivity index (χ2v) is 8.69. The van der Waals surface area contributed by atoms with E-state index in [1.54, 1.807) is 48.5 Å². The minimum absolute atomic E-state index is 0.151. The van der Waals surface area contributed by atoms with E-state index in [0.29, 0.717) is 15.7 Å². The van der Waals surface area contributed by atoms with Gasteiger partial charge >= 0.3 is 18.0 Å². The van der Waals surface area contributed by atoms with Crippen LogP contribution < -0.4 is 10.6 Å². The molecule has 31 heavy (non-hydrogen) atoms. The number of nitrogens with one attached hydrogen (secondary N) is 2. The van der Waals surface area contributed by atoms with Gasteiger partial charge in [0.2, 0.25) is 0 Å². The SMILES string of the molecule is CC(C)(CN1C(=O)NC(Nc2cccc(Cl)c2)N(Cc2ccc(Cl)cc2)C1=O)C(=O)O. The number of carboxylic acid groups (broad SMARTS) is 1. The zero-order chi connectivity index (χ0) is 22.8. The smallest absolute Gasteiger partial charge is 0.331 e. The van der Waals surface area contributed by atoms with Crippen molar-refractivity contribution < 1.29 is 19.5 Å². The van der Waals surface area contributed by atoms with Crippen molar-refractivity contribution >= 4 is 46.9 Å². The molecule has 0 saturated carbocycles. The summed E-state index contributed by atoms with van der Waals surface area (Å²) in [6.07, 6.45) is -0.877. The molecule has 2 aromatic carbocycles. The monoisotopic (exact) mass is 464 g/mol. The van der Waals surface area contributed by atoms with Gasteiger partial charge in [0.1, 0.15) is 0 Å². The highest BCUT2D eigenvalue weighted by atomic mass is 35.5. The van der Waals surface area contributed by atoms with Gasteiger partial charge in [-0.15, -0.1) is 0 Å². The molecule has 1 unspecified atom stereocenters. The normalized spacial score (nSPS) is 16.8. The molecule has 2 aromatic rings. The summed E-state index contributed by atoms with van der Waals surface area (Å²) >= 11 is 12.0. The third kappa shape index (κ3) is 5.39. The Kier molecular flexibility index (Phi) is 6.62. The third-order valence-corrected chi connectivity index (χ3v) is 5.31. The number of halogens is 2. The van der Waals surface area contributed by atoms with E-state index in [-0.39, 0.29) is 13.1 Å². The lowest BCUT2D eigenvalue weighted by Crippen LogP contribution is -2.68. The van der Waals surface area contributed by atoms with Gasteiger partial charge in [-0.25, -0.2) is 14.5 Å². The first-order valence-corrected chi connectivity index (χ1v) is 10.2. The van der Waals surface area contributed by atoms with Crippen molar-refractivity contribution in [2.24, 2.45) is 5.41 Å². The number of carbonyl (C=O) groups is 3. The Morgan fingerprint density at radius 2 is 1.81 bits per heavy atom. The Morgan fingerprint density at radius 3 is 2.42 bits per heavy atom. The van der Waals surface area contributed by atoms with Crippen LogP contribution in [0.1, 0.15) is 19.4 Å². The Labute approximate surface area is 189 Å². The molecule has 8 nitrogen and oxygen atoms in total. The number of amides is 4. The lowest BCUT2D eigenvalue weighted by molar-refractivity contribution is -0.147. The molecular weight excluding hydrogens is 443 g/mol. The third-order valence-electron chi connectivity index (χ3n) is 4.82. The fraction of sp³-hybridized carbons (Fsp3) is 0.286. The lowest BCUT2D eigenvalue weighted by atomic mass is 9.93. The molecule has 0 radical (unpaired) electrons. The van der Waals surface area contributed by atoms with Crippen LogP contribution in [0.25, 0.3) is 0 Å². The highest BCUT2D eigenvalue weighted by Gasteiger charge is 2.42. The first-order chi connectivity index (χ1) is 14.6. The van der Waals surface area contributed by atoms with Crippen molar-refractivity contribution in [3.8, 4) is 0 Å². The van der Waals surface area contributed by atoms with Crippen LogP contribution in [0.2, 0.25) is 10.0 Å². The predicted octanol–water partition coefficient (Wildman–Crippen LogP) is 4.45. The molecule has 1 aliphatic rings. The second kappa shape index (κ2) is 9.03. The summed E-state index contributed by atoms with van der Waals surface area (Å²) < 4.78 is 0. The summed E-state index contributed by atoms with van der Waals surface area (Å²) in [6, 6.07) is 12.5. The van der Waals surface area contributed by atoms with E-state index in [9.17, 15) is 19.5 Å². The number of imide groups is 1. The fourth-order valence-corrected chi connectivity index (χ4v) is 3.34.